The highest BCUT2D eigenvalue weighted by Crippen LogP contribution is 2.48. The minimum atomic E-state index is -4.41. The summed E-state index contributed by atoms with van der Waals surface area (Å²) < 4.78 is 55.6. The zero-order valence-corrected chi connectivity index (χ0v) is 18.5. The Hall–Kier alpha value is -3.16. The SMILES string of the molecule is Cc1ccc(C)c2c1-c1ccccc1S(=O)(=O)N2S(=O)(=O)c1ccc2ccccc2c1. The van der Waals surface area contributed by atoms with Crippen molar-refractivity contribution in [3.05, 3.63) is 90.0 Å². The summed E-state index contributed by atoms with van der Waals surface area (Å²) in [6.45, 7) is 3.58. The molecule has 4 aromatic rings. The van der Waals surface area contributed by atoms with E-state index in [1.165, 1.54) is 18.2 Å². The van der Waals surface area contributed by atoms with Crippen LogP contribution in [0.15, 0.2) is 88.7 Å². The smallest absolute Gasteiger partial charge is 0.200 e. The maximum atomic E-state index is 13.8. The lowest BCUT2D eigenvalue weighted by molar-refractivity contribution is 0.583. The molecular formula is C24H19NO4S2. The molecule has 0 unspecified atom stereocenters. The first-order chi connectivity index (χ1) is 14.7. The lowest BCUT2D eigenvalue weighted by atomic mass is 9.96. The molecule has 5 nitrogen and oxygen atoms in total. The summed E-state index contributed by atoms with van der Waals surface area (Å²) in [6, 6.07) is 22.2. The molecule has 156 valence electrons. The summed E-state index contributed by atoms with van der Waals surface area (Å²) >= 11 is 0. The topological polar surface area (TPSA) is 71.5 Å². The average Bonchev–Trinajstić information content (AvgIpc) is 2.75. The molecule has 1 heterocycles. The van der Waals surface area contributed by atoms with Crippen LogP contribution in [0.1, 0.15) is 11.1 Å². The third kappa shape index (κ3) is 2.80. The van der Waals surface area contributed by atoms with Crippen molar-refractivity contribution in [1.82, 2.24) is 0 Å². The summed E-state index contributed by atoms with van der Waals surface area (Å²) in [4.78, 5) is -0.0819. The van der Waals surface area contributed by atoms with Crippen molar-refractivity contribution in [2.75, 3.05) is 3.71 Å². The van der Waals surface area contributed by atoms with Gasteiger partial charge in [-0.1, -0.05) is 60.7 Å². The molecule has 0 atom stereocenters. The number of nitrogens with zero attached hydrogens (tertiary/aromatic N) is 1. The molecule has 4 aromatic carbocycles. The molecule has 0 N–H and O–H groups in total. The first-order valence-electron chi connectivity index (χ1n) is 9.72. The van der Waals surface area contributed by atoms with Gasteiger partial charge in [0, 0.05) is 11.1 Å². The Kier molecular flexibility index (Phi) is 4.26. The van der Waals surface area contributed by atoms with Gasteiger partial charge in [-0.05, 0) is 53.9 Å². The molecule has 0 aromatic heterocycles. The van der Waals surface area contributed by atoms with Gasteiger partial charge in [0.15, 0.2) is 0 Å². The largest absolute Gasteiger partial charge is 0.278 e. The van der Waals surface area contributed by atoms with Crippen molar-refractivity contribution in [2.45, 2.75) is 23.6 Å². The van der Waals surface area contributed by atoms with E-state index in [2.05, 4.69) is 0 Å². The van der Waals surface area contributed by atoms with Crippen LogP contribution in [0.2, 0.25) is 0 Å². The lowest BCUT2D eigenvalue weighted by Gasteiger charge is -2.33. The second-order valence-corrected chi connectivity index (χ2v) is 11.4. The molecule has 1 aliphatic rings. The van der Waals surface area contributed by atoms with Crippen LogP contribution in [-0.4, -0.2) is 16.8 Å². The lowest BCUT2D eigenvalue weighted by Crippen LogP contribution is -2.40. The van der Waals surface area contributed by atoms with E-state index in [-0.39, 0.29) is 15.5 Å². The Morgan fingerprint density at radius 1 is 0.742 bits per heavy atom. The number of hydrogen-bond acceptors (Lipinski definition) is 4. The zero-order chi connectivity index (χ0) is 22.0. The Labute approximate surface area is 181 Å². The predicted molar refractivity (Wildman–Crippen MR) is 122 cm³/mol. The summed E-state index contributed by atoms with van der Waals surface area (Å²) in [5, 5.41) is 1.60. The number of anilines is 1. The van der Waals surface area contributed by atoms with Gasteiger partial charge in [0.05, 0.1) is 15.5 Å². The van der Waals surface area contributed by atoms with Crippen LogP contribution in [-0.2, 0) is 20.0 Å². The minimum Gasteiger partial charge on any atom is -0.200 e. The summed E-state index contributed by atoms with van der Waals surface area (Å²) in [6.07, 6.45) is 0. The van der Waals surface area contributed by atoms with Gasteiger partial charge < -0.3 is 0 Å². The van der Waals surface area contributed by atoms with E-state index in [1.54, 1.807) is 43.3 Å². The van der Waals surface area contributed by atoms with Gasteiger partial charge in [0.1, 0.15) is 0 Å². The molecule has 7 heteroatoms. The number of sulfonamides is 2. The number of rotatable bonds is 2. The molecule has 0 saturated heterocycles. The van der Waals surface area contributed by atoms with Crippen molar-refractivity contribution in [3.63, 3.8) is 0 Å². The quantitative estimate of drug-likeness (QED) is 0.431. The second kappa shape index (κ2) is 6.67. The highest BCUT2D eigenvalue weighted by atomic mass is 32.3. The Bertz CT molecular complexity index is 1590. The van der Waals surface area contributed by atoms with Crippen molar-refractivity contribution in [1.29, 1.82) is 0 Å². The van der Waals surface area contributed by atoms with E-state index in [9.17, 15) is 16.8 Å². The van der Waals surface area contributed by atoms with Crippen molar-refractivity contribution in [2.24, 2.45) is 0 Å². The van der Waals surface area contributed by atoms with Crippen molar-refractivity contribution in [3.8, 4) is 11.1 Å². The molecule has 0 aliphatic carbocycles. The summed E-state index contributed by atoms with van der Waals surface area (Å²) in [5.41, 5.74) is 2.70. The Morgan fingerprint density at radius 2 is 1.39 bits per heavy atom. The number of aryl methyl sites for hydroxylation is 2. The molecular weight excluding hydrogens is 430 g/mol. The van der Waals surface area contributed by atoms with Crippen molar-refractivity contribution >= 4 is 36.5 Å². The molecule has 31 heavy (non-hydrogen) atoms. The molecule has 0 radical (unpaired) electrons. The van der Waals surface area contributed by atoms with Crippen LogP contribution in [0, 0.1) is 13.8 Å². The van der Waals surface area contributed by atoms with E-state index in [4.69, 9.17) is 0 Å². The van der Waals surface area contributed by atoms with E-state index in [0.29, 0.717) is 20.4 Å². The molecule has 0 spiro atoms. The minimum absolute atomic E-state index is 0.0134. The number of benzene rings is 4. The highest BCUT2D eigenvalue weighted by molar-refractivity contribution is 8.10. The standard InChI is InChI=1S/C24H19NO4S2/c1-16-11-12-17(2)24-23(16)21-9-5-6-10-22(21)31(28,29)25(24)30(26,27)20-14-13-18-7-3-4-8-19(18)15-20/h3-15H,1-2H3. The fraction of sp³-hybridized carbons (Fsp3) is 0.0833. The first-order valence-corrected chi connectivity index (χ1v) is 12.6. The molecule has 0 amide bonds. The van der Waals surface area contributed by atoms with Gasteiger partial charge in [-0.2, -0.15) is 12.1 Å². The molecule has 0 fully saturated rings. The summed E-state index contributed by atoms with van der Waals surface area (Å²) in [5.74, 6) is 0. The van der Waals surface area contributed by atoms with Crippen LogP contribution in [0.3, 0.4) is 0 Å². The zero-order valence-electron chi connectivity index (χ0n) is 16.9. The van der Waals surface area contributed by atoms with Gasteiger partial charge in [-0.3, -0.25) is 0 Å². The maximum absolute atomic E-state index is 13.8. The van der Waals surface area contributed by atoms with E-state index < -0.39 is 20.0 Å². The van der Waals surface area contributed by atoms with Crippen LogP contribution < -0.4 is 3.71 Å². The second-order valence-electron chi connectivity index (χ2n) is 7.64. The van der Waals surface area contributed by atoms with Crippen LogP contribution in [0.25, 0.3) is 21.9 Å². The molecule has 0 bridgehead atoms. The molecule has 5 rings (SSSR count). The predicted octanol–water partition coefficient (Wildman–Crippen LogP) is 5.02. The van der Waals surface area contributed by atoms with Crippen molar-refractivity contribution < 1.29 is 16.8 Å². The number of hydrogen-bond donors (Lipinski definition) is 0. The normalized spacial score (nSPS) is 14.8. The van der Waals surface area contributed by atoms with E-state index >= 15 is 0 Å². The highest BCUT2D eigenvalue weighted by Gasteiger charge is 2.44. The first kappa shape index (κ1) is 19.8. The average molecular weight is 450 g/mol. The van der Waals surface area contributed by atoms with Gasteiger partial charge in [-0.15, -0.1) is 0 Å². The fourth-order valence-corrected chi connectivity index (χ4v) is 8.22. The van der Waals surface area contributed by atoms with Crippen LogP contribution >= 0.6 is 0 Å². The third-order valence-electron chi connectivity index (χ3n) is 5.66. The Morgan fingerprint density at radius 3 is 2.16 bits per heavy atom. The van der Waals surface area contributed by atoms with E-state index in [1.807, 2.05) is 31.2 Å². The third-order valence-corrected chi connectivity index (χ3v) is 9.84. The van der Waals surface area contributed by atoms with Crippen LogP contribution in [0.4, 0.5) is 5.69 Å². The van der Waals surface area contributed by atoms with E-state index in [0.717, 1.165) is 16.3 Å². The van der Waals surface area contributed by atoms with Gasteiger partial charge >= 0.3 is 0 Å². The Balaban J connectivity index is 1.86. The summed E-state index contributed by atoms with van der Waals surface area (Å²) in [7, 11) is -8.76. The van der Waals surface area contributed by atoms with Gasteiger partial charge in [0.2, 0.25) is 0 Å². The number of fused-ring (bicyclic) bond motifs is 4. The molecule has 1 aliphatic heterocycles. The fourth-order valence-electron chi connectivity index (χ4n) is 4.15. The van der Waals surface area contributed by atoms with Gasteiger partial charge in [0.25, 0.3) is 20.0 Å². The monoisotopic (exact) mass is 449 g/mol. The van der Waals surface area contributed by atoms with Crippen LogP contribution in [0.5, 0.6) is 0 Å². The van der Waals surface area contributed by atoms with Gasteiger partial charge in [-0.25, -0.2) is 8.42 Å². The maximum Gasteiger partial charge on any atom is 0.278 e. The molecule has 0 saturated carbocycles.